The van der Waals surface area contributed by atoms with E-state index in [9.17, 15) is 13.9 Å². The zero-order valence-electron chi connectivity index (χ0n) is 7.71. The fourth-order valence-corrected chi connectivity index (χ4v) is 2.07. The topological polar surface area (TPSA) is 20.2 Å². The smallest absolute Gasteiger partial charge is 0.126 e. The lowest BCUT2D eigenvalue weighted by molar-refractivity contribution is 0.181. The van der Waals surface area contributed by atoms with E-state index in [4.69, 9.17) is 0 Å². The summed E-state index contributed by atoms with van der Waals surface area (Å²) in [7, 11) is 0. The maximum absolute atomic E-state index is 13.3. The van der Waals surface area contributed by atoms with Gasteiger partial charge in [0.25, 0.3) is 0 Å². The molecule has 0 aliphatic heterocycles. The van der Waals surface area contributed by atoms with Crippen molar-refractivity contribution in [3.8, 4) is 0 Å². The van der Waals surface area contributed by atoms with E-state index in [0.29, 0.717) is 18.4 Å². The maximum Gasteiger partial charge on any atom is 0.126 e. The van der Waals surface area contributed by atoms with Gasteiger partial charge in [-0.1, -0.05) is 0 Å². The largest absolute Gasteiger partial charge is 0.393 e. The summed E-state index contributed by atoms with van der Waals surface area (Å²) in [6, 6.07) is 3.50. The summed E-state index contributed by atoms with van der Waals surface area (Å²) in [6.45, 7) is 0. The van der Waals surface area contributed by atoms with Gasteiger partial charge in [0.15, 0.2) is 0 Å². The van der Waals surface area contributed by atoms with Gasteiger partial charge in [0.1, 0.15) is 11.6 Å². The molecule has 0 spiro atoms. The summed E-state index contributed by atoms with van der Waals surface area (Å²) >= 11 is 0. The van der Waals surface area contributed by atoms with Crippen LogP contribution in [0.25, 0.3) is 0 Å². The molecule has 1 N–H and O–H groups in total. The van der Waals surface area contributed by atoms with Crippen LogP contribution in [-0.4, -0.2) is 11.2 Å². The number of hydrogen-bond donors (Lipinski definition) is 1. The van der Waals surface area contributed by atoms with E-state index in [0.717, 1.165) is 18.6 Å². The highest BCUT2D eigenvalue weighted by Crippen LogP contribution is 2.35. The molecule has 1 fully saturated rings. The molecule has 0 amide bonds. The zero-order chi connectivity index (χ0) is 10.1. The summed E-state index contributed by atoms with van der Waals surface area (Å²) in [5.74, 6) is -0.811. The summed E-state index contributed by atoms with van der Waals surface area (Å²) in [5, 5.41) is 9.30. The average molecular weight is 198 g/mol. The lowest BCUT2D eigenvalue weighted by Crippen LogP contribution is -2.01. The van der Waals surface area contributed by atoms with Gasteiger partial charge in [-0.2, -0.15) is 0 Å². The summed E-state index contributed by atoms with van der Waals surface area (Å²) in [5.41, 5.74) is 0.404. The third-order valence-electron chi connectivity index (χ3n) is 2.80. The Kier molecular flexibility index (Phi) is 2.50. The lowest BCUT2D eigenvalue weighted by Gasteiger charge is -2.10. The average Bonchev–Trinajstić information content (AvgIpc) is 2.56. The lowest BCUT2D eigenvalue weighted by atomic mass is 9.97. The number of hydrogen-bond acceptors (Lipinski definition) is 1. The van der Waals surface area contributed by atoms with Gasteiger partial charge in [-0.25, -0.2) is 8.78 Å². The normalized spacial score (nSPS) is 26.8. The Balaban J connectivity index is 2.27. The second kappa shape index (κ2) is 3.65. The van der Waals surface area contributed by atoms with E-state index in [2.05, 4.69) is 0 Å². The monoisotopic (exact) mass is 198 g/mol. The molecule has 2 atom stereocenters. The van der Waals surface area contributed by atoms with Crippen LogP contribution in [-0.2, 0) is 0 Å². The molecular weight excluding hydrogens is 186 g/mol. The van der Waals surface area contributed by atoms with Crippen molar-refractivity contribution in [3.05, 3.63) is 35.4 Å². The third-order valence-corrected chi connectivity index (χ3v) is 2.80. The summed E-state index contributed by atoms with van der Waals surface area (Å²) in [4.78, 5) is 0. The highest BCUT2D eigenvalue weighted by molar-refractivity contribution is 5.23. The second-order valence-corrected chi connectivity index (χ2v) is 3.83. The Morgan fingerprint density at radius 1 is 1.21 bits per heavy atom. The summed E-state index contributed by atoms with van der Waals surface area (Å²) < 4.78 is 26.2. The number of halogens is 2. The predicted molar refractivity (Wildman–Crippen MR) is 49.0 cm³/mol. The molecule has 1 aromatic carbocycles. The van der Waals surface area contributed by atoms with Crippen LogP contribution in [0.5, 0.6) is 0 Å². The number of benzene rings is 1. The van der Waals surface area contributed by atoms with E-state index in [1.165, 1.54) is 6.07 Å². The van der Waals surface area contributed by atoms with Crippen LogP contribution in [0.15, 0.2) is 18.2 Å². The molecule has 1 unspecified atom stereocenters. The van der Waals surface area contributed by atoms with Crippen molar-refractivity contribution >= 4 is 0 Å². The van der Waals surface area contributed by atoms with Crippen LogP contribution in [0.3, 0.4) is 0 Å². The molecular formula is C11H12F2O. The molecule has 14 heavy (non-hydrogen) atoms. The van der Waals surface area contributed by atoms with Gasteiger partial charge in [-0.05, 0) is 48.9 Å². The highest BCUT2D eigenvalue weighted by Gasteiger charge is 2.26. The molecule has 1 aliphatic carbocycles. The molecule has 0 radical (unpaired) electrons. The van der Waals surface area contributed by atoms with Crippen molar-refractivity contribution in [2.75, 3.05) is 0 Å². The zero-order valence-corrected chi connectivity index (χ0v) is 7.71. The third kappa shape index (κ3) is 1.77. The van der Waals surface area contributed by atoms with Gasteiger partial charge in [-0.3, -0.25) is 0 Å². The minimum Gasteiger partial charge on any atom is -0.393 e. The molecule has 1 aliphatic rings. The van der Waals surface area contributed by atoms with Crippen molar-refractivity contribution in [1.82, 2.24) is 0 Å². The Morgan fingerprint density at radius 2 is 2.00 bits per heavy atom. The van der Waals surface area contributed by atoms with E-state index in [1.54, 1.807) is 0 Å². The van der Waals surface area contributed by atoms with Gasteiger partial charge < -0.3 is 5.11 Å². The van der Waals surface area contributed by atoms with Crippen molar-refractivity contribution in [3.63, 3.8) is 0 Å². The molecule has 0 heterocycles. The quantitative estimate of drug-likeness (QED) is 0.735. The first-order chi connectivity index (χ1) is 6.66. The first kappa shape index (κ1) is 9.59. The van der Waals surface area contributed by atoms with Crippen LogP contribution in [0.4, 0.5) is 8.78 Å². The van der Waals surface area contributed by atoms with Crippen LogP contribution in [0.2, 0.25) is 0 Å². The van der Waals surface area contributed by atoms with Crippen molar-refractivity contribution in [1.29, 1.82) is 0 Å². The van der Waals surface area contributed by atoms with Crippen LogP contribution in [0.1, 0.15) is 30.7 Å². The first-order valence-electron chi connectivity index (χ1n) is 4.80. The van der Waals surface area contributed by atoms with Gasteiger partial charge in [0.05, 0.1) is 6.10 Å². The van der Waals surface area contributed by atoms with Crippen LogP contribution in [0, 0.1) is 11.6 Å². The van der Waals surface area contributed by atoms with E-state index >= 15 is 0 Å². The predicted octanol–water partition coefficient (Wildman–Crippen LogP) is 2.59. The molecule has 2 rings (SSSR count). The molecule has 1 saturated carbocycles. The van der Waals surface area contributed by atoms with Crippen molar-refractivity contribution in [2.45, 2.75) is 31.3 Å². The van der Waals surface area contributed by atoms with E-state index in [1.807, 2.05) is 0 Å². The Bertz CT molecular complexity index is 338. The fraction of sp³-hybridized carbons (Fsp3) is 0.455. The second-order valence-electron chi connectivity index (χ2n) is 3.83. The highest BCUT2D eigenvalue weighted by atomic mass is 19.1. The Morgan fingerprint density at radius 3 is 2.64 bits per heavy atom. The molecule has 0 saturated heterocycles. The number of aliphatic hydroxyl groups is 1. The minimum absolute atomic E-state index is 0.0271. The Hall–Kier alpha value is -0.960. The van der Waals surface area contributed by atoms with Gasteiger partial charge in [0, 0.05) is 0 Å². The van der Waals surface area contributed by atoms with Gasteiger partial charge in [0.2, 0.25) is 0 Å². The number of aliphatic hydroxyl groups excluding tert-OH is 1. The summed E-state index contributed by atoms with van der Waals surface area (Å²) in [6.07, 6.45) is 1.60. The van der Waals surface area contributed by atoms with Gasteiger partial charge >= 0.3 is 0 Å². The maximum atomic E-state index is 13.3. The van der Waals surface area contributed by atoms with Crippen molar-refractivity contribution in [2.24, 2.45) is 0 Å². The standard InChI is InChI=1S/C11H12F2O/c12-8-2-4-11(13)10(6-8)7-1-3-9(14)5-7/h2,4,6-7,9,14H,1,3,5H2/t7?,9-/m0/s1. The number of rotatable bonds is 1. The van der Waals surface area contributed by atoms with Gasteiger partial charge in [-0.15, -0.1) is 0 Å². The van der Waals surface area contributed by atoms with Crippen LogP contribution < -0.4 is 0 Å². The molecule has 76 valence electrons. The van der Waals surface area contributed by atoms with E-state index in [-0.39, 0.29) is 17.8 Å². The minimum atomic E-state index is -0.414. The Labute approximate surface area is 81.4 Å². The van der Waals surface area contributed by atoms with Crippen molar-refractivity contribution < 1.29 is 13.9 Å². The van der Waals surface area contributed by atoms with E-state index < -0.39 is 5.82 Å². The molecule has 0 aromatic heterocycles. The SMILES string of the molecule is O[C@H]1CCC(c2cc(F)ccc2F)C1. The van der Waals surface area contributed by atoms with Crippen LogP contribution >= 0.6 is 0 Å². The fourth-order valence-electron chi connectivity index (χ4n) is 2.07. The molecule has 3 heteroatoms. The first-order valence-corrected chi connectivity index (χ1v) is 4.80. The molecule has 1 aromatic rings. The molecule has 1 nitrogen and oxygen atoms in total. The molecule has 0 bridgehead atoms.